The van der Waals surface area contributed by atoms with E-state index >= 15 is 0 Å². The lowest BCUT2D eigenvalue weighted by Crippen LogP contribution is -2.24. The Bertz CT molecular complexity index is 1380. The number of para-hydroxylation sites is 1. The second kappa shape index (κ2) is 9.57. The summed E-state index contributed by atoms with van der Waals surface area (Å²) in [4.78, 5) is 40.9. The van der Waals surface area contributed by atoms with Crippen molar-refractivity contribution in [3.8, 4) is 5.75 Å². The summed E-state index contributed by atoms with van der Waals surface area (Å²) in [7, 11) is 1.40. The number of carbonyl (C=O) groups excluding carboxylic acids is 1. The topological polar surface area (TPSA) is 130 Å². The van der Waals surface area contributed by atoms with Gasteiger partial charge in [0.05, 0.1) is 47.6 Å². The summed E-state index contributed by atoms with van der Waals surface area (Å²) in [6, 6.07) is 14.5. The molecule has 33 heavy (non-hydrogen) atoms. The Morgan fingerprint density at radius 2 is 2.06 bits per heavy atom. The van der Waals surface area contributed by atoms with Crippen LogP contribution in [0, 0.1) is 10.1 Å². The fourth-order valence-corrected chi connectivity index (χ4v) is 3.97. The predicted molar refractivity (Wildman–Crippen MR) is 123 cm³/mol. The smallest absolute Gasteiger partial charge is 0.296 e. The highest BCUT2D eigenvalue weighted by atomic mass is 32.2. The first-order valence-corrected chi connectivity index (χ1v) is 10.7. The zero-order valence-electron chi connectivity index (χ0n) is 17.4. The normalized spacial score (nSPS) is 10.8. The number of amides is 1. The van der Waals surface area contributed by atoms with E-state index in [4.69, 9.17) is 9.15 Å². The van der Waals surface area contributed by atoms with Gasteiger partial charge in [0, 0.05) is 0 Å². The molecule has 1 amide bonds. The van der Waals surface area contributed by atoms with Crippen molar-refractivity contribution >= 4 is 39.9 Å². The number of nitrogens with one attached hydrogen (secondary N) is 1. The van der Waals surface area contributed by atoms with Gasteiger partial charge in [-0.15, -0.1) is 0 Å². The molecule has 4 rings (SSSR count). The number of carbonyl (C=O) groups is 1. The molecule has 0 unspecified atom stereocenters. The van der Waals surface area contributed by atoms with Gasteiger partial charge < -0.3 is 14.5 Å². The lowest BCUT2D eigenvalue weighted by molar-refractivity contribution is -0.384. The van der Waals surface area contributed by atoms with E-state index in [1.807, 2.05) is 0 Å². The number of anilines is 1. The molecule has 11 heteroatoms. The number of hydrogen-bond acceptors (Lipinski definition) is 8. The summed E-state index contributed by atoms with van der Waals surface area (Å²) < 4.78 is 11.8. The Kier molecular flexibility index (Phi) is 6.41. The molecule has 0 radical (unpaired) electrons. The molecule has 0 aliphatic rings. The number of fused-ring (bicyclic) bond motifs is 1. The van der Waals surface area contributed by atoms with Crippen LogP contribution in [0.5, 0.6) is 5.75 Å². The number of nitro groups is 1. The highest BCUT2D eigenvalue weighted by Crippen LogP contribution is 2.29. The van der Waals surface area contributed by atoms with E-state index < -0.39 is 10.8 Å². The molecule has 168 valence electrons. The number of benzene rings is 2. The second-order valence-electron chi connectivity index (χ2n) is 6.86. The van der Waals surface area contributed by atoms with Gasteiger partial charge >= 0.3 is 0 Å². The Balaban J connectivity index is 1.58. The first-order valence-electron chi connectivity index (χ1n) is 9.73. The third-order valence-electron chi connectivity index (χ3n) is 4.73. The van der Waals surface area contributed by atoms with Gasteiger partial charge in [0.1, 0.15) is 17.2 Å². The molecule has 0 atom stereocenters. The number of nitro benzene ring substituents is 1. The molecule has 2 aromatic carbocycles. The monoisotopic (exact) mass is 466 g/mol. The SMILES string of the molecule is COc1ccc(NC(=O)CSc2nc3ccccc3c(=O)n2Cc2ccco2)c([N+](=O)[O-])c1. The van der Waals surface area contributed by atoms with Gasteiger partial charge in [-0.25, -0.2) is 4.98 Å². The highest BCUT2D eigenvalue weighted by Gasteiger charge is 2.19. The quantitative estimate of drug-likeness (QED) is 0.180. The average Bonchev–Trinajstić information content (AvgIpc) is 3.33. The minimum Gasteiger partial charge on any atom is -0.496 e. The summed E-state index contributed by atoms with van der Waals surface area (Å²) in [6.45, 7) is 0.150. The van der Waals surface area contributed by atoms with Crippen LogP contribution in [0.4, 0.5) is 11.4 Å². The number of ether oxygens (including phenoxy) is 1. The van der Waals surface area contributed by atoms with E-state index in [1.54, 1.807) is 36.4 Å². The van der Waals surface area contributed by atoms with Gasteiger partial charge in [0.2, 0.25) is 5.91 Å². The lowest BCUT2D eigenvalue weighted by Gasteiger charge is -2.12. The Morgan fingerprint density at radius 1 is 1.24 bits per heavy atom. The van der Waals surface area contributed by atoms with Crippen molar-refractivity contribution in [2.75, 3.05) is 18.2 Å². The Hall–Kier alpha value is -4.12. The summed E-state index contributed by atoms with van der Waals surface area (Å²) in [6.07, 6.45) is 1.51. The molecule has 0 saturated carbocycles. The van der Waals surface area contributed by atoms with Crippen molar-refractivity contribution in [3.63, 3.8) is 0 Å². The number of furan rings is 1. The van der Waals surface area contributed by atoms with E-state index in [0.29, 0.717) is 27.6 Å². The average molecular weight is 466 g/mol. The van der Waals surface area contributed by atoms with Crippen LogP contribution in [0.2, 0.25) is 0 Å². The van der Waals surface area contributed by atoms with Crippen molar-refractivity contribution in [2.45, 2.75) is 11.7 Å². The maximum atomic E-state index is 13.1. The van der Waals surface area contributed by atoms with Crippen molar-refractivity contribution in [3.05, 3.63) is 87.1 Å². The Morgan fingerprint density at radius 3 is 2.79 bits per heavy atom. The van der Waals surface area contributed by atoms with Crippen molar-refractivity contribution in [2.24, 2.45) is 0 Å². The van der Waals surface area contributed by atoms with E-state index in [9.17, 15) is 19.7 Å². The van der Waals surface area contributed by atoms with Gasteiger partial charge in [-0.05, 0) is 36.4 Å². The molecule has 0 aliphatic carbocycles. The fourth-order valence-electron chi connectivity index (χ4n) is 3.17. The number of hydrogen-bond donors (Lipinski definition) is 1. The maximum absolute atomic E-state index is 13.1. The number of aromatic nitrogens is 2. The first-order chi connectivity index (χ1) is 16.0. The predicted octanol–water partition coefficient (Wildman–Crippen LogP) is 3.69. The van der Waals surface area contributed by atoms with Crippen molar-refractivity contribution in [1.29, 1.82) is 0 Å². The molecule has 2 aromatic heterocycles. The summed E-state index contributed by atoms with van der Waals surface area (Å²) in [5.41, 5.74) is 0.00898. The number of methoxy groups -OCH3 is 1. The molecule has 1 N–H and O–H groups in total. The third-order valence-corrected chi connectivity index (χ3v) is 5.71. The summed E-state index contributed by atoms with van der Waals surface area (Å²) in [5.74, 6) is 0.262. The molecule has 0 spiro atoms. The van der Waals surface area contributed by atoms with Crippen LogP contribution in [-0.2, 0) is 11.3 Å². The van der Waals surface area contributed by atoms with Crippen molar-refractivity contribution in [1.82, 2.24) is 9.55 Å². The molecule has 0 fully saturated rings. The van der Waals surface area contributed by atoms with Gasteiger partial charge in [-0.2, -0.15) is 0 Å². The molecule has 0 saturated heterocycles. The molecule has 4 aromatic rings. The number of nitrogens with zero attached hydrogens (tertiary/aromatic N) is 3. The number of rotatable bonds is 8. The third kappa shape index (κ3) is 4.88. The molecular formula is C22H18N4O6S. The molecule has 10 nitrogen and oxygen atoms in total. The van der Waals surface area contributed by atoms with E-state index in [1.165, 1.54) is 36.1 Å². The van der Waals surface area contributed by atoms with Crippen LogP contribution in [0.3, 0.4) is 0 Å². The minimum absolute atomic E-state index is 0.0471. The summed E-state index contributed by atoms with van der Waals surface area (Å²) >= 11 is 1.05. The van der Waals surface area contributed by atoms with E-state index in [2.05, 4.69) is 10.3 Å². The highest BCUT2D eigenvalue weighted by molar-refractivity contribution is 7.99. The van der Waals surface area contributed by atoms with Crippen LogP contribution < -0.4 is 15.6 Å². The van der Waals surface area contributed by atoms with Crippen LogP contribution in [-0.4, -0.2) is 33.2 Å². The summed E-state index contributed by atoms with van der Waals surface area (Å²) in [5, 5.41) is 14.7. The molecule has 2 heterocycles. The van der Waals surface area contributed by atoms with Crippen LogP contribution in [0.25, 0.3) is 10.9 Å². The zero-order chi connectivity index (χ0) is 23.4. The second-order valence-corrected chi connectivity index (χ2v) is 7.80. The first kappa shape index (κ1) is 22.1. The standard InChI is InChI=1S/C22H18N4O6S/c1-31-14-8-9-18(19(11-14)26(29)30)23-20(27)13-33-22-24-17-7-3-2-6-16(17)21(28)25(22)12-15-5-4-10-32-15/h2-11H,12-13H2,1H3,(H,23,27). The molecular weight excluding hydrogens is 448 g/mol. The minimum atomic E-state index is -0.600. The Labute approximate surface area is 191 Å². The largest absolute Gasteiger partial charge is 0.496 e. The number of thioether (sulfide) groups is 1. The molecule has 0 aliphatic heterocycles. The van der Waals surface area contributed by atoms with Gasteiger partial charge in [0.25, 0.3) is 11.2 Å². The van der Waals surface area contributed by atoms with Gasteiger partial charge in [-0.3, -0.25) is 24.3 Å². The van der Waals surface area contributed by atoms with Gasteiger partial charge in [0.15, 0.2) is 5.16 Å². The van der Waals surface area contributed by atoms with Crippen molar-refractivity contribution < 1.29 is 18.9 Å². The van der Waals surface area contributed by atoms with E-state index in [0.717, 1.165) is 11.8 Å². The van der Waals surface area contributed by atoms with Crippen LogP contribution in [0.1, 0.15) is 5.76 Å². The van der Waals surface area contributed by atoms with Crippen LogP contribution >= 0.6 is 11.8 Å². The van der Waals surface area contributed by atoms with E-state index in [-0.39, 0.29) is 29.2 Å². The maximum Gasteiger partial charge on any atom is 0.296 e. The molecule has 0 bridgehead atoms. The van der Waals surface area contributed by atoms with Crippen LogP contribution in [0.15, 0.2) is 75.2 Å². The fraction of sp³-hybridized carbons (Fsp3) is 0.136. The van der Waals surface area contributed by atoms with Gasteiger partial charge in [-0.1, -0.05) is 23.9 Å². The lowest BCUT2D eigenvalue weighted by atomic mass is 10.2. The zero-order valence-corrected chi connectivity index (χ0v) is 18.2.